The molecular weight excluding hydrogens is 281 g/mol. The lowest BCUT2D eigenvalue weighted by Gasteiger charge is -2.27. The molecular formula is C13H14F5NO. The predicted octanol–water partition coefficient (Wildman–Crippen LogP) is 3.54. The summed E-state index contributed by atoms with van der Waals surface area (Å²) < 4.78 is 62.6. The van der Waals surface area contributed by atoms with E-state index < -0.39 is 18.0 Å². The normalized spacial score (nSPS) is 12.3. The smallest absolute Gasteiger partial charge is 0.333 e. The zero-order valence-corrected chi connectivity index (χ0v) is 11.0. The van der Waals surface area contributed by atoms with Gasteiger partial charge in [-0.2, -0.15) is 22.0 Å². The monoisotopic (exact) mass is 295 g/mol. The SMILES string of the molecule is CCN(Cc1cccc(C)c1)C(=O)C(F)(F)C(F)(F)F. The molecule has 1 aromatic carbocycles. The molecule has 0 aliphatic carbocycles. The first-order chi connectivity index (χ1) is 9.09. The van der Waals surface area contributed by atoms with Gasteiger partial charge in [-0.05, 0) is 19.4 Å². The van der Waals surface area contributed by atoms with Gasteiger partial charge in [0, 0.05) is 13.1 Å². The Morgan fingerprint density at radius 3 is 2.25 bits per heavy atom. The highest BCUT2D eigenvalue weighted by molar-refractivity contribution is 5.84. The molecule has 0 aliphatic heterocycles. The molecule has 0 unspecified atom stereocenters. The van der Waals surface area contributed by atoms with E-state index >= 15 is 0 Å². The van der Waals surface area contributed by atoms with Gasteiger partial charge in [-0.15, -0.1) is 0 Å². The lowest BCUT2D eigenvalue weighted by atomic mass is 10.1. The number of nitrogens with zero attached hydrogens (tertiary/aromatic N) is 1. The fraction of sp³-hybridized carbons (Fsp3) is 0.462. The van der Waals surface area contributed by atoms with Crippen molar-refractivity contribution in [1.82, 2.24) is 4.90 Å². The zero-order chi connectivity index (χ0) is 15.6. The average molecular weight is 295 g/mol. The summed E-state index contributed by atoms with van der Waals surface area (Å²) in [6.07, 6.45) is -5.88. The maximum Gasteiger partial charge on any atom is 0.463 e. The molecule has 0 N–H and O–H groups in total. The van der Waals surface area contributed by atoms with Crippen LogP contribution in [-0.4, -0.2) is 29.5 Å². The Balaban J connectivity index is 2.94. The van der Waals surface area contributed by atoms with Crippen molar-refractivity contribution in [2.45, 2.75) is 32.5 Å². The summed E-state index contributed by atoms with van der Waals surface area (Å²) in [6.45, 7) is 2.58. The highest BCUT2D eigenvalue weighted by atomic mass is 19.4. The van der Waals surface area contributed by atoms with Crippen molar-refractivity contribution in [3.05, 3.63) is 35.4 Å². The number of hydrogen-bond acceptors (Lipinski definition) is 1. The lowest BCUT2D eigenvalue weighted by Crippen LogP contribution is -2.51. The molecule has 1 aromatic rings. The Morgan fingerprint density at radius 1 is 1.20 bits per heavy atom. The van der Waals surface area contributed by atoms with Crippen molar-refractivity contribution in [2.24, 2.45) is 0 Å². The van der Waals surface area contributed by atoms with E-state index in [1.165, 1.54) is 6.92 Å². The van der Waals surface area contributed by atoms with Crippen LogP contribution in [0.1, 0.15) is 18.1 Å². The van der Waals surface area contributed by atoms with Crippen molar-refractivity contribution in [2.75, 3.05) is 6.54 Å². The fourth-order valence-electron chi connectivity index (χ4n) is 1.68. The molecule has 0 heterocycles. The first-order valence-electron chi connectivity index (χ1n) is 5.89. The summed E-state index contributed by atoms with van der Waals surface area (Å²) in [4.78, 5) is 11.9. The summed E-state index contributed by atoms with van der Waals surface area (Å²) in [5, 5.41) is 0. The van der Waals surface area contributed by atoms with Crippen LogP contribution in [0.15, 0.2) is 24.3 Å². The van der Waals surface area contributed by atoms with Crippen molar-refractivity contribution in [3.8, 4) is 0 Å². The number of rotatable bonds is 4. The van der Waals surface area contributed by atoms with Gasteiger partial charge in [-0.3, -0.25) is 4.79 Å². The van der Waals surface area contributed by atoms with Crippen LogP contribution >= 0.6 is 0 Å². The first-order valence-corrected chi connectivity index (χ1v) is 5.89. The van der Waals surface area contributed by atoms with Crippen molar-refractivity contribution >= 4 is 5.91 Å². The molecule has 0 spiro atoms. The number of benzene rings is 1. The molecule has 7 heteroatoms. The van der Waals surface area contributed by atoms with Crippen LogP contribution in [0, 0.1) is 6.92 Å². The number of alkyl halides is 5. The second-order valence-corrected chi connectivity index (χ2v) is 4.38. The summed E-state index contributed by atoms with van der Waals surface area (Å²) in [5.74, 6) is -7.60. The Morgan fingerprint density at radius 2 is 1.80 bits per heavy atom. The minimum Gasteiger partial charge on any atom is -0.333 e. The minimum atomic E-state index is -5.88. The van der Waals surface area contributed by atoms with E-state index in [4.69, 9.17) is 0 Å². The fourth-order valence-corrected chi connectivity index (χ4v) is 1.68. The van der Waals surface area contributed by atoms with E-state index in [9.17, 15) is 26.7 Å². The van der Waals surface area contributed by atoms with Crippen LogP contribution in [0.4, 0.5) is 22.0 Å². The minimum absolute atomic E-state index is 0.238. The van der Waals surface area contributed by atoms with E-state index in [0.29, 0.717) is 10.5 Å². The molecule has 1 rings (SSSR count). The number of carbonyl (C=O) groups excluding carboxylic acids is 1. The van der Waals surface area contributed by atoms with Crippen molar-refractivity contribution in [3.63, 3.8) is 0 Å². The van der Waals surface area contributed by atoms with Crippen LogP contribution in [0.25, 0.3) is 0 Å². The lowest BCUT2D eigenvalue weighted by molar-refractivity contribution is -0.274. The van der Waals surface area contributed by atoms with E-state index in [2.05, 4.69) is 0 Å². The summed E-state index contributed by atoms with van der Waals surface area (Å²) in [5.41, 5.74) is 1.33. The molecule has 1 amide bonds. The van der Waals surface area contributed by atoms with Crippen LogP contribution in [-0.2, 0) is 11.3 Å². The standard InChI is InChI=1S/C13H14F5NO/c1-3-19(8-10-6-4-5-9(2)7-10)11(20)12(14,15)13(16,17)18/h4-7H,3,8H2,1-2H3. The third-order valence-corrected chi connectivity index (χ3v) is 2.75. The molecule has 2 nitrogen and oxygen atoms in total. The second kappa shape index (κ2) is 5.76. The van der Waals surface area contributed by atoms with Gasteiger partial charge in [0.05, 0.1) is 0 Å². The maximum absolute atomic E-state index is 13.0. The maximum atomic E-state index is 13.0. The van der Waals surface area contributed by atoms with E-state index in [0.717, 1.165) is 5.56 Å². The molecule has 0 saturated carbocycles. The average Bonchev–Trinajstić information content (AvgIpc) is 2.33. The van der Waals surface area contributed by atoms with Crippen LogP contribution in [0.5, 0.6) is 0 Å². The highest BCUT2D eigenvalue weighted by Crippen LogP contribution is 2.37. The second-order valence-electron chi connectivity index (χ2n) is 4.38. The molecule has 0 radical (unpaired) electrons. The largest absolute Gasteiger partial charge is 0.463 e. The van der Waals surface area contributed by atoms with Crippen LogP contribution in [0.2, 0.25) is 0 Å². The highest BCUT2D eigenvalue weighted by Gasteiger charge is 2.64. The first kappa shape index (κ1) is 16.4. The van der Waals surface area contributed by atoms with Gasteiger partial charge in [-0.25, -0.2) is 0 Å². The zero-order valence-electron chi connectivity index (χ0n) is 11.0. The number of amides is 1. The number of carbonyl (C=O) groups is 1. The number of aryl methyl sites for hydroxylation is 1. The summed E-state index contributed by atoms with van der Waals surface area (Å²) in [7, 11) is 0. The Labute approximate surface area is 113 Å². The quantitative estimate of drug-likeness (QED) is 0.778. The van der Waals surface area contributed by atoms with Crippen LogP contribution in [0.3, 0.4) is 0 Å². The van der Waals surface area contributed by atoms with Crippen LogP contribution < -0.4 is 0 Å². The Bertz CT molecular complexity index is 484. The third kappa shape index (κ3) is 3.46. The molecule has 20 heavy (non-hydrogen) atoms. The van der Waals surface area contributed by atoms with Gasteiger partial charge in [-0.1, -0.05) is 29.8 Å². The number of hydrogen-bond donors (Lipinski definition) is 0. The topological polar surface area (TPSA) is 20.3 Å². The van der Waals surface area contributed by atoms with Gasteiger partial charge in [0.2, 0.25) is 0 Å². The van der Waals surface area contributed by atoms with Gasteiger partial charge in [0.25, 0.3) is 0 Å². The van der Waals surface area contributed by atoms with E-state index in [1.54, 1.807) is 31.2 Å². The third-order valence-electron chi connectivity index (χ3n) is 2.75. The Hall–Kier alpha value is -1.66. The molecule has 0 aliphatic rings. The summed E-state index contributed by atoms with van der Waals surface area (Å²) in [6, 6.07) is 6.59. The van der Waals surface area contributed by atoms with E-state index in [-0.39, 0.29) is 13.1 Å². The molecule has 112 valence electrons. The Kier molecular flexibility index (Phi) is 4.73. The van der Waals surface area contributed by atoms with E-state index in [1.807, 2.05) is 0 Å². The van der Waals surface area contributed by atoms with Gasteiger partial charge in [0.15, 0.2) is 0 Å². The molecule has 0 atom stereocenters. The summed E-state index contributed by atoms with van der Waals surface area (Å²) >= 11 is 0. The predicted molar refractivity (Wildman–Crippen MR) is 63.3 cm³/mol. The molecule has 0 saturated heterocycles. The van der Waals surface area contributed by atoms with Crippen molar-refractivity contribution in [1.29, 1.82) is 0 Å². The molecule has 0 bridgehead atoms. The molecule has 0 aromatic heterocycles. The number of halogens is 5. The molecule has 0 fully saturated rings. The van der Waals surface area contributed by atoms with Gasteiger partial charge in [0.1, 0.15) is 0 Å². The van der Waals surface area contributed by atoms with Gasteiger partial charge < -0.3 is 4.90 Å². The van der Waals surface area contributed by atoms with Gasteiger partial charge >= 0.3 is 18.0 Å². The van der Waals surface area contributed by atoms with Crippen molar-refractivity contribution < 1.29 is 26.7 Å².